The van der Waals surface area contributed by atoms with Crippen LogP contribution in [0.4, 0.5) is 4.39 Å². The molecule has 0 radical (unpaired) electrons. The lowest BCUT2D eigenvalue weighted by Gasteiger charge is -2.03. The first-order chi connectivity index (χ1) is 8.08. The second-order valence-electron chi connectivity index (χ2n) is 3.98. The predicted octanol–water partition coefficient (Wildman–Crippen LogP) is 3.07. The molecule has 17 heavy (non-hydrogen) atoms. The maximum Gasteiger partial charge on any atom is 0.194 e. The zero-order chi connectivity index (χ0) is 12.4. The van der Waals surface area contributed by atoms with E-state index in [-0.39, 0.29) is 11.6 Å². The summed E-state index contributed by atoms with van der Waals surface area (Å²) >= 11 is 0. The molecule has 0 aliphatic rings. The molecule has 1 aromatic heterocycles. The van der Waals surface area contributed by atoms with Crippen molar-refractivity contribution < 1.29 is 9.18 Å². The van der Waals surface area contributed by atoms with Gasteiger partial charge in [0.1, 0.15) is 5.82 Å². The number of hydrogen-bond donors (Lipinski definition) is 0. The van der Waals surface area contributed by atoms with Gasteiger partial charge in [-0.05, 0) is 37.6 Å². The number of halogens is 1. The van der Waals surface area contributed by atoms with Gasteiger partial charge < -0.3 is 0 Å². The highest BCUT2D eigenvalue weighted by Crippen LogP contribution is 2.13. The third kappa shape index (κ3) is 2.38. The molecule has 1 heterocycles. The van der Waals surface area contributed by atoms with E-state index in [1.54, 1.807) is 31.2 Å². The lowest BCUT2D eigenvalue weighted by molar-refractivity contribution is 0.103. The molecule has 0 amide bonds. The van der Waals surface area contributed by atoms with E-state index in [4.69, 9.17) is 0 Å². The smallest absolute Gasteiger partial charge is 0.194 e. The van der Waals surface area contributed by atoms with E-state index >= 15 is 0 Å². The summed E-state index contributed by atoms with van der Waals surface area (Å²) in [4.78, 5) is 16.1. The third-order valence-electron chi connectivity index (χ3n) is 2.61. The average Bonchev–Trinajstić information content (AvgIpc) is 2.33. The SMILES string of the molecule is Cc1ccc(C(=O)c2ccc(C)c(F)c2)cn1. The van der Waals surface area contributed by atoms with E-state index in [2.05, 4.69) is 4.98 Å². The molecule has 0 saturated carbocycles. The van der Waals surface area contributed by atoms with Crippen LogP contribution in [0.1, 0.15) is 27.2 Å². The van der Waals surface area contributed by atoms with E-state index in [9.17, 15) is 9.18 Å². The number of aryl methyl sites for hydroxylation is 2. The number of nitrogens with zero attached hydrogens (tertiary/aromatic N) is 1. The van der Waals surface area contributed by atoms with E-state index in [1.807, 2.05) is 6.92 Å². The molecule has 2 nitrogen and oxygen atoms in total. The van der Waals surface area contributed by atoms with Gasteiger partial charge in [-0.25, -0.2) is 4.39 Å². The number of hydrogen-bond acceptors (Lipinski definition) is 2. The van der Waals surface area contributed by atoms with Gasteiger partial charge in [-0.3, -0.25) is 9.78 Å². The molecule has 3 heteroatoms. The van der Waals surface area contributed by atoms with Crippen LogP contribution in [-0.4, -0.2) is 10.8 Å². The summed E-state index contributed by atoms with van der Waals surface area (Å²) in [5.74, 6) is -0.577. The zero-order valence-electron chi connectivity index (χ0n) is 9.70. The standard InChI is InChI=1S/C14H12FNO/c1-9-3-5-11(7-13(9)15)14(17)12-6-4-10(2)16-8-12/h3-8H,1-2H3. The molecule has 0 aliphatic carbocycles. The normalized spacial score (nSPS) is 10.3. The van der Waals surface area contributed by atoms with Gasteiger partial charge in [0.2, 0.25) is 0 Å². The molecule has 0 fully saturated rings. The van der Waals surface area contributed by atoms with Crippen LogP contribution in [-0.2, 0) is 0 Å². The topological polar surface area (TPSA) is 30.0 Å². The van der Waals surface area contributed by atoms with Gasteiger partial charge in [0.15, 0.2) is 5.78 Å². The minimum Gasteiger partial charge on any atom is -0.289 e. The van der Waals surface area contributed by atoms with Crippen molar-refractivity contribution in [2.75, 3.05) is 0 Å². The highest BCUT2D eigenvalue weighted by atomic mass is 19.1. The Labute approximate surface area is 99.1 Å². The van der Waals surface area contributed by atoms with Crippen molar-refractivity contribution in [1.29, 1.82) is 0 Å². The Morgan fingerprint density at radius 1 is 1.12 bits per heavy atom. The summed E-state index contributed by atoms with van der Waals surface area (Å²) in [6.45, 7) is 3.51. The van der Waals surface area contributed by atoms with Crippen molar-refractivity contribution in [1.82, 2.24) is 4.98 Å². The Morgan fingerprint density at radius 3 is 2.41 bits per heavy atom. The molecule has 2 rings (SSSR count). The number of pyridine rings is 1. The molecule has 0 N–H and O–H groups in total. The summed E-state index contributed by atoms with van der Waals surface area (Å²) in [5.41, 5.74) is 2.19. The van der Waals surface area contributed by atoms with Crippen molar-refractivity contribution in [3.63, 3.8) is 0 Å². The van der Waals surface area contributed by atoms with Gasteiger partial charge in [0.05, 0.1) is 0 Å². The second-order valence-corrected chi connectivity index (χ2v) is 3.98. The van der Waals surface area contributed by atoms with E-state index in [1.165, 1.54) is 12.3 Å². The Balaban J connectivity index is 2.37. The number of benzene rings is 1. The lowest BCUT2D eigenvalue weighted by atomic mass is 10.0. The van der Waals surface area contributed by atoms with Crippen LogP contribution in [0.5, 0.6) is 0 Å². The van der Waals surface area contributed by atoms with Gasteiger partial charge in [-0.15, -0.1) is 0 Å². The van der Waals surface area contributed by atoms with Crippen LogP contribution >= 0.6 is 0 Å². The molecule has 0 bridgehead atoms. The summed E-state index contributed by atoms with van der Waals surface area (Å²) in [7, 11) is 0. The fourth-order valence-electron chi connectivity index (χ4n) is 1.50. The van der Waals surface area contributed by atoms with Gasteiger partial charge in [-0.1, -0.05) is 12.1 Å². The van der Waals surface area contributed by atoms with Crippen LogP contribution in [0.2, 0.25) is 0 Å². The molecule has 2 aromatic rings. The van der Waals surface area contributed by atoms with Crippen molar-refractivity contribution >= 4 is 5.78 Å². The van der Waals surface area contributed by atoms with Crippen LogP contribution in [0.3, 0.4) is 0 Å². The highest BCUT2D eigenvalue weighted by molar-refractivity contribution is 6.08. The van der Waals surface area contributed by atoms with E-state index in [0.717, 1.165) is 5.69 Å². The van der Waals surface area contributed by atoms with Gasteiger partial charge >= 0.3 is 0 Å². The highest BCUT2D eigenvalue weighted by Gasteiger charge is 2.10. The number of aromatic nitrogens is 1. The molecular formula is C14H12FNO. The Morgan fingerprint density at radius 2 is 1.82 bits per heavy atom. The Kier molecular flexibility index (Phi) is 3.00. The average molecular weight is 229 g/mol. The molecule has 1 aromatic carbocycles. The quantitative estimate of drug-likeness (QED) is 0.741. The fourth-order valence-corrected chi connectivity index (χ4v) is 1.50. The van der Waals surface area contributed by atoms with E-state index < -0.39 is 0 Å². The Hall–Kier alpha value is -2.03. The Bertz CT molecular complexity index is 561. The molecule has 0 unspecified atom stereocenters. The van der Waals surface area contributed by atoms with Gasteiger partial charge in [0.25, 0.3) is 0 Å². The van der Waals surface area contributed by atoms with Crippen molar-refractivity contribution in [2.24, 2.45) is 0 Å². The predicted molar refractivity (Wildman–Crippen MR) is 63.5 cm³/mol. The van der Waals surface area contributed by atoms with Crippen LogP contribution < -0.4 is 0 Å². The monoisotopic (exact) mass is 229 g/mol. The molecule has 0 aliphatic heterocycles. The maximum atomic E-state index is 13.4. The summed E-state index contributed by atoms with van der Waals surface area (Å²) < 4.78 is 13.4. The first-order valence-corrected chi connectivity index (χ1v) is 5.31. The van der Waals surface area contributed by atoms with Gasteiger partial charge in [0, 0.05) is 23.0 Å². The van der Waals surface area contributed by atoms with Gasteiger partial charge in [-0.2, -0.15) is 0 Å². The maximum absolute atomic E-state index is 13.4. The number of carbonyl (C=O) groups excluding carboxylic acids is 1. The van der Waals surface area contributed by atoms with Crippen LogP contribution in [0.15, 0.2) is 36.5 Å². The van der Waals surface area contributed by atoms with Crippen molar-refractivity contribution in [2.45, 2.75) is 13.8 Å². The first-order valence-electron chi connectivity index (χ1n) is 5.31. The van der Waals surface area contributed by atoms with Crippen molar-refractivity contribution in [3.8, 4) is 0 Å². The first kappa shape index (κ1) is 11.5. The summed E-state index contributed by atoms with van der Waals surface area (Å²) in [6, 6.07) is 7.95. The molecule has 0 saturated heterocycles. The number of ketones is 1. The summed E-state index contributed by atoms with van der Waals surface area (Å²) in [6.07, 6.45) is 1.51. The minimum atomic E-state index is -0.365. The van der Waals surface area contributed by atoms with Crippen molar-refractivity contribution in [3.05, 3.63) is 64.7 Å². The largest absolute Gasteiger partial charge is 0.289 e. The molecular weight excluding hydrogens is 217 g/mol. The fraction of sp³-hybridized carbons (Fsp3) is 0.143. The lowest BCUT2D eigenvalue weighted by Crippen LogP contribution is -2.03. The number of rotatable bonds is 2. The van der Waals surface area contributed by atoms with E-state index in [0.29, 0.717) is 16.7 Å². The second kappa shape index (κ2) is 4.45. The summed E-state index contributed by atoms with van der Waals surface area (Å²) in [5, 5.41) is 0. The third-order valence-corrected chi connectivity index (χ3v) is 2.61. The minimum absolute atomic E-state index is 0.212. The number of carbonyl (C=O) groups is 1. The molecule has 86 valence electrons. The molecule has 0 atom stereocenters. The van der Waals surface area contributed by atoms with Crippen LogP contribution in [0, 0.1) is 19.7 Å². The zero-order valence-corrected chi connectivity index (χ0v) is 9.70. The molecule has 0 spiro atoms. The van der Waals surface area contributed by atoms with Crippen LogP contribution in [0.25, 0.3) is 0 Å².